The van der Waals surface area contributed by atoms with Gasteiger partial charge in [-0.2, -0.15) is 5.10 Å². The second-order valence-corrected chi connectivity index (χ2v) is 10.8. The van der Waals surface area contributed by atoms with Gasteiger partial charge in [-0.3, -0.25) is 14.4 Å². The first-order valence-electron chi connectivity index (χ1n) is 12.3. The minimum absolute atomic E-state index is 0.145. The van der Waals surface area contributed by atoms with Crippen LogP contribution in [0.1, 0.15) is 35.3 Å². The lowest BCUT2D eigenvalue weighted by molar-refractivity contribution is -0.145. The quantitative estimate of drug-likeness (QED) is 0.0934. The summed E-state index contributed by atoms with van der Waals surface area (Å²) in [5.41, 5.74) is 4.31. The fourth-order valence-electron chi connectivity index (χ4n) is 3.16. The molecular weight excluding hydrogens is 556 g/mol. The molecule has 0 aliphatic carbocycles. The fourth-order valence-corrected chi connectivity index (χ4v) is 5.46. The standard InChI is InChI=1S/C27H32N4O7S2/c1-4-38-27(36)23(17-40-39-16-22(26(35)37-3)29-18(2)32)30-25(34)21-12-10-20(11-13-21)15-28-31-24(33)14-19-8-6-5-7-9-19/h5-13,15,22-23H,4,14,16-17H2,1-3H3,(H,29,32)(H,30,34)(H,31,33)/b28-15+/t22-,23-/m0/s1. The Morgan fingerprint density at radius 3 is 2.10 bits per heavy atom. The predicted octanol–water partition coefficient (Wildman–Crippen LogP) is 2.10. The Labute approximate surface area is 240 Å². The van der Waals surface area contributed by atoms with Crippen molar-refractivity contribution >= 4 is 57.5 Å². The van der Waals surface area contributed by atoms with Gasteiger partial charge in [0.05, 0.1) is 26.4 Å². The number of nitrogens with zero attached hydrogens (tertiary/aromatic N) is 1. The Balaban J connectivity index is 1.90. The Morgan fingerprint density at radius 1 is 0.900 bits per heavy atom. The van der Waals surface area contributed by atoms with E-state index in [1.165, 1.54) is 41.8 Å². The Hall–Kier alpha value is -3.84. The zero-order valence-corrected chi connectivity index (χ0v) is 24.0. The molecule has 0 aliphatic rings. The van der Waals surface area contributed by atoms with Gasteiger partial charge in [0.25, 0.3) is 5.91 Å². The van der Waals surface area contributed by atoms with E-state index in [2.05, 4.69) is 21.2 Å². The minimum Gasteiger partial charge on any atom is -0.467 e. The molecule has 0 heterocycles. The van der Waals surface area contributed by atoms with E-state index in [0.29, 0.717) is 11.1 Å². The molecule has 40 heavy (non-hydrogen) atoms. The van der Waals surface area contributed by atoms with Crippen molar-refractivity contribution in [3.63, 3.8) is 0 Å². The summed E-state index contributed by atoms with van der Waals surface area (Å²) in [5, 5.41) is 9.13. The largest absolute Gasteiger partial charge is 0.467 e. The van der Waals surface area contributed by atoms with Gasteiger partial charge in [0, 0.05) is 24.0 Å². The first-order valence-corrected chi connectivity index (χ1v) is 14.7. The number of methoxy groups -OCH3 is 1. The highest BCUT2D eigenvalue weighted by Crippen LogP contribution is 2.24. The number of carbonyl (C=O) groups is 5. The van der Waals surface area contributed by atoms with Gasteiger partial charge in [0.15, 0.2) is 0 Å². The van der Waals surface area contributed by atoms with Gasteiger partial charge < -0.3 is 20.1 Å². The number of nitrogens with one attached hydrogen (secondary N) is 3. The number of amides is 3. The summed E-state index contributed by atoms with van der Waals surface area (Å²) in [6, 6.07) is 14.0. The second kappa shape index (κ2) is 17.7. The van der Waals surface area contributed by atoms with Crippen LogP contribution in [-0.2, 0) is 35.1 Å². The molecule has 0 radical (unpaired) electrons. The van der Waals surface area contributed by atoms with Gasteiger partial charge in [-0.25, -0.2) is 15.0 Å². The maximum absolute atomic E-state index is 12.8. The molecule has 2 rings (SSSR count). The molecule has 2 aromatic carbocycles. The molecule has 13 heteroatoms. The summed E-state index contributed by atoms with van der Waals surface area (Å²) in [7, 11) is 3.71. The molecule has 0 bridgehead atoms. The number of ether oxygens (including phenoxy) is 2. The molecule has 2 aromatic rings. The van der Waals surface area contributed by atoms with Crippen LogP contribution >= 0.6 is 21.6 Å². The monoisotopic (exact) mass is 588 g/mol. The molecule has 0 unspecified atom stereocenters. The third-order valence-electron chi connectivity index (χ3n) is 5.08. The lowest BCUT2D eigenvalue weighted by Crippen LogP contribution is -2.44. The molecule has 11 nitrogen and oxygen atoms in total. The topological polar surface area (TPSA) is 152 Å². The highest BCUT2D eigenvalue weighted by molar-refractivity contribution is 8.76. The van der Waals surface area contributed by atoms with Crippen LogP contribution in [0.3, 0.4) is 0 Å². The highest BCUT2D eigenvalue weighted by Gasteiger charge is 2.24. The smallest absolute Gasteiger partial charge is 0.329 e. The fraction of sp³-hybridized carbons (Fsp3) is 0.333. The average Bonchev–Trinajstić information content (AvgIpc) is 2.94. The summed E-state index contributed by atoms with van der Waals surface area (Å²) in [6.45, 7) is 3.10. The third kappa shape index (κ3) is 11.9. The van der Waals surface area contributed by atoms with Gasteiger partial charge in [-0.05, 0) is 30.2 Å². The molecule has 0 saturated heterocycles. The van der Waals surface area contributed by atoms with Crippen LogP contribution < -0.4 is 16.1 Å². The van der Waals surface area contributed by atoms with Gasteiger partial charge in [-0.15, -0.1) is 0 Å². The molecule has 0 fully saturated rings. The second-order valence-electron chi connectivity index (χ2n) is 8.20. The highest BCUT2D eigenvalue weighted by atomic mass is 33.1. The maximum Gasteiger partial charge on any atom is 0.329 e. The zero-order chi connectivity index (χ0) is 29.3. The molecule has 0 saturated carbocycles. The van der Waals surface area contributed by atoms with Crippen molar-refractivity contribution in [1.29, 1.82) is 0 Å². The number of esters is 2. The SMILES string of the molecule is CCOC(=O)[C@H](CSSC[C@H](NC(C)=O)C(=O)OC)NC(=O)c1ccc(/C=N/NC(=O)Cc2ccccc2)cc1. The van der Waals surface area contributed by atoms with Gasteiger partial charge in [-0.1, -0.05) is 64.1 Å². The molecule has 0 spiro atoms. The van der Waals surface area contributed by atoms with E-state index in [1.54, 1.807) is 31.2 Å². The average molecular weight is 589 g/mol. The Kier molecular flexibility index (Phi) is 14.3. The summed E-state index contributed by atoms with van der Waals surface area (Å²) < 4.78 is 9.78. The van der Waals surface area contributed by atoms with Crippen LogP contribution in [0.2, 0.25) is 0 Å². The van der Waals surface area contributed by atoms with Gasteiger partial charge >= 0.3 is 11.9 Å². The van der Waals surface area contributed by atoms with Crippen molar-refractivity contribution in [1.82, 2.24) is 16.1 Å². The summed E-state index contributed by atoms with van der Waals surface area (Å²) in [6.07, 6.45) is 1.67. The number of carbonyl (C=O) groups excluding carboxylic acids is 5. The molecule has 3 N–H and O–H groups in total. The maximum atomic E-state index is 12.8. The van der Waals surface area contributed by atoms with Gasteiger partial charge in [0.1, 0.15) is 12.1 Å². The third-order valence-corrected chi connectivity index (χ3v) is 7.50. The summed E-state index contributed by atoms with van der Waals surface area (Å²) in [4.78, 5) is 60.4. The van der Waals surface area contributed by atoms with Crippen LogP contribution in [0.15, 0.2) is 59.7 Å². The van der Waals surface area contributed by atoms with Crippen LogP contribution in [0.5, 0.6) is 0 Å². The van der Waals surface area contributed by atoms with Crippen LogP contribution in [0.4, 0.5) is 0 Å². The van der Waals surface area contributed by atoms with Crippen molar-refractivity contribution in [2.24, 2.45) is 5.10 Å². The molecule has 3 amide bonds. The summed E-state index contributed by atoms with van der Waals surface area (Å²) >= 11 is 0. The number of benzene rings is 2. The molecular formula is C27H32N4O7S2. The Bertz CT molecular complexity index is 1180. The number of rotatable bonds is 15. The predicted molar refractivity (Wildman–Crippen MR) is 155 cm³/mol. The normalized spacial score (nSPS) is 12.2. The lowest BCUT2D eigenvalue weighted by atomic mass is 10.1. The van der Waals surface area contributed by atoms with Crippen LogP contribution in [0, 0.1) is 0 Å². The van der Waals surface area contributed by atoms with Crippen molar-refractivity contribution < 1.29 is 33.4 Å². The Morgan fingerprint density at radius 2 is 1.52 bits per heavy atom. The molecule has 214 valence electrons. The first kappa shape index (κ1) is 32.4. The lowest BCUT2D eigenvalue weighted by Gasteiger charge is -2.18. The van der Waals surface area contributed by atoms with Crippen molar-refractivity contribution in [3.05, 3.63) is 71.3 Å². The molecule has 0 aliphatic heterocycles. The van der Waals surface area contributed by atoms with E-state index in [0.717, 1.165) is 5.56 Å². The molecule has 2 atom stereocenters. The number of hydrazone groups is 1. The van der Waals surface area contributed by atoms with E-state index in [-0.39, 0.29) is 36.3 Å². The van der Waals surface area contributed by atoms with Crippen LogP contribution in [-0.4, -0.2) is 73.2 Å². The van der Waals surface area contributed by atoms with E-state index in [1.807, 2.05) is 30.3 Å². The first-order chi connectivity index (χ1) is 19.2. The van der Waals surface area contributed by atoms with Crippen LogP contribution in [0.25, 0.3) is 0 Å². The van der Waals surface area contributed by atoms with Crippen molar-refractivity contribution in [2.75, 3.05) is 25.2 Å². The van der Waals surface area contributed by atoms with E-state index >= 15 is 0 Å². The van der Waals surface area contributed by atoms with Gasteiger partial charge in [0.2, 0.25) is 11.8 Å². The molecule has 0 aromatic heterocycles. The van der Waals surface area contributed by atoms with E-state index in [4.69, 9.17) is 9.47 Å². The van der Waals surface area contributed by atoms with E-state index in [9.17, 15) is 24.0 Å². The van der Waals surface area contributed by atoms with Crippen molar-refractivity contribution in [2.45, 2.75) is 32.4 Å². The number of hydrogen-bond acceptors (Lipinski definition) is 10. The van der Waals surface area contributed by atoms with E-state index < -0.39 is 29.9 Å². The summed E-state index contributed by atoms with van der Waals surface area (Å²) in [5.74, 6) is -1.91. The zero-order valence-electron chi connectivity index (χ0n) is 22.4. The minimum atomic E-state index is -0.941. The number of hydrogen-bond donors (Lipinski definition) is 3. The van der Waals surface area contributed by atoms with Crippen molar-refractivity contribution in [3.8, 4) is 0 Å².